The summed E-state index contributed by atoms with van der Waals surface area (Å²) >= 11 is 0. The van der Waals surface area contributed by atoms with Gasteiger partial charge in [-0.25, -0.2) is 14.6 Å². The van der Waals surface area contributed by atoms with Crippen molar-refractivity contribution in [2.75, 3.05) is 11.9 Å². The Balaban J connectivity index is 1.39. The van der Waals surface area contributed by atoms with Crippen LogP contribution in [0.15, 0.2) is 54.6 Å². The molecule has 3 rings (SSSR count). The first-order valence-electron chi connectivity index (χ1n) is 12.0. The molecule has 0 atom stereocenters. The van der Waals surface area contributed by atoms with Crippen molar-refractivity contribution in [2.45, 2.75) is 38.7 Å². The molecule has 2 amide bonds. The molecule has 1 aromatic carbocycles. The highest BCUT2D eigenvalue weighted by Gasteiger charge is 2.31. The number of nitrogens with zero attached hydrogens (tertiary/aromatic N) is 5. The fourth-order valence-electron chi connectivity index (χ4n) is 3.39. The maximum absolute atomic E-state index is 14.0. The number of nitrogens with one attached hydrogen (secondary N) is 2. The standard InChI is InChI=1S/C24H26F5N9O3/c25-17-6-5-16(41-24(27,28)29)10-15(17)11-22(39)34-21-14-38(36-35-21)9-2-1-8-37(31)13-19(30)23(40)33-12-20-18(26)4-3-7-32-20/h3-7,10,13-14H,1-2,8-9,11-12,30-31H2,(H,33,40)(H,34,39)/b19-13-. The molecule has 17 heteroatoms. The van der Waals surface area contributed by atoms with Gasteiger partial charge in [0.2, 0.25) is 5.91 Å². The van der Waals surface area contributed by atoms with Crippen LogP contribution in [0.4, 0.5) is 27.8 Å². The smallest absolute Gasteiger partial charge is 0.406 e. The lowest BCUT2D eigenvalue weighted by Crippen LogP contribution is -2.33. The topological polar surface area (TPSA) is 166 Å². The number of aryl methyl sites for hydroxylation is 1. The molecular formula is C24H26F5N9O3. The number of carbonyl (C=O) groups excluding carboxylic acids is 2. The Morgan fingerprint density at radius 2 is 1.93 bits per heavy atom. The number of hydrazine groups is 1. The summed E-state index contributed by atoms with van der Waals surface area (Å²) in [5, 5.41) is 13.7. The fourth-order valence-corrected chi connectivity index (χ4v) is 3.39. The summed E-state index contributed by atoms with van der Waals surface area (Å²) in [5.41, 5.74) is 5.32. The minimum Gasteiger partial charge on any atom is -0.406 e. The third-order valence-electron chi connectivity index (χ3n) is 5.28. The molecule has 2 aromatic heterocycles. The van der Waals surface area contributed by atoms with Crippen molar-refractivity contribution < 1.29 is 36.3 Å². The van der Waals surface area contributed by atoms with E-state index in [1.54, 1.807) is 0 Å². The zero-order valence-electron chi connectivity index (χ0n) is 21.4. The van der Waals surface area contributed by atoms with E-state index < -0.39 is 42.0 Å². The van der Waals surface area contributed by atoms with E-state index in [4.69, 9.17) is 11.6 Å². The van der Waals surface area contributed by atoms with Gasteiger partial charge in [-0.2, -0.15) is 0 Å². The van der Waals surface area contributed by atoms with Gasteiger partial charge in [0, 0.05) is 31.0 Å². The van der Waals surface area contributed by atoms with E-state index in [2.05, 4.69) is 30.7 Å². The average Bonchev–Trinajstić information content (AvgIpc) is 3.33. The molecule has 6 N–H and O–H groups in total. The molecular weight excluding hydrogens is 557 g/mol. The van der Waals surface area contributed by atoms with Gasteiger partial charge in [0.05, 0.1) is 24.9 Å². The summed E-state index contributed by atoms with van der Waals surface area (Å²) in [5.74, 6) is 2.46. The number of hydrogen-bond acceptors (Lipinski definition) is 9. The third-order valence-corrected chi connectivity index (χ3v) is 5.28. The number of aromatic nitrogens is 4. The first-order chi connectivity index (χ1) is 19.4. The van der Waals surface area contributed by atoms with Crippen LogP contribution >= 0.6 is 0 Å². The number of ether oxygens (including phenoxy) is 1. The molecule has 2 heterocycles. The summed E-state index contributed by atoms with van der Waals surface area (Å²) in [4.78, 5) is 28.2. The molecule has 220 valence electrons. The van der Waals surface area contributed by atoms with Gasteiger partial charge in [0.1, 0.15) is 23.1 Å². The van der Waals surface area contributed by atoms with Crippen LogP contribution in [0, 0.1) is 11.6 Å². The molecule has 3 aromatic rings. The molecule has 0 spiro atoms. The Labute approximate surface area is 230 Å². The molecule has 0 unspecified atom stereocenters. The molecule has 0 bridgehead atoms. The summed E-state index contributed by atoms with van der Waals surface area (Å²) in [6.45, 7) is 0.563. The Morgan fingerprint density at radius 1 is 1.15 bits per heavy atom. The molecule has 0 saturated heterocycles. The van der Waals surface area contributed by atoms with Crippen LogP contribution < -0.4 is 26.9 Å². The van der Waals surface area contributed by atoms with Crippen molar-refractivity contribution in [2.24, 2.45) is 11.6 Å². The molecule has 0 aliphatic carbocycles. The van der Waals surface area contributed by atoms with Crippen molar-refractivity contribution in [3.05, 3.63) is 77.5 Å². The predicted octanol–water partition coefficient (Wildman–Crippen LogP) is 2.10. The number of carbonyl (C=O) groups is 2. The zero-order valence-corrected chi connectivity index (χ0v) is 21.4. The van der Waals surface area contributed by atoms with E-state index >= 15 is 0 Å². The van der Waals surface area contributed by atoms with Crippen LogP contribution in [0.2, 0.25) is 0 Å². The molecule has 0 fully saturated rings. The van der Waals surface area contributed by atoms with Crippen molar-refractivity contribution in [3.8, 4) is 5.75 Å². The van der Waals surface area contributed by atoms with Gasteiger partial charge in [-0.3, -0.25) is 19.3 Å². The number of rotatable bonds is 13. The van der Waals surface area contributed by atoms with Crippen LogP contribution in [0.25, 0.3) is 0 Å². The Morgan fingerprint density at radius 3 is 2.66 bits per heavy atom. The van der Waals surface area contributed by atoms with Crippen LogP contribution in [0.3, 0.4) is 0 Å². The summed E-state index contributed by atoms with van der Waals surface area (Å²) in [6.07, 6.45) is -0.338. The fraction of sp³-hybridized carbons (Fsp3) is 0.292. The second-order valence-electron chi connectivity index (χ2n) is 8.54. The van der Waals surface area contributed by atoms with Crippen LogP contribution in [0.1, 0.15) is 24.1 Å². The van der Waals surface area contributed by atoms with E-state index in [9.17, 15) is 31.5 Å². The predicted molar refractivity (Wildman–Crippen MR) is 134 cm³/mol. The molecule has 0 saturated carbocycles. The minimum atomic E-state index is -4.96. The van der Waals surface area contributed by atoms with E-state index in [-0.39, 0.29) is 29.3 Å². The highest BCUT2D eigenvalue weighted by Crippen LogP contribution is 2.25. The number of pyridine rings is 1. The van der Waals surface area contributed by atoms with Gasteiger partial charge >= 0.3 is 6.36 Å². The zero-order chi connectivity index (χ0) is 30.0. The second-order valence-corrected chi connectivity index (χ2v) is 8.54. The van der Waals surface area contributed by atoms with Gasteiger partial charge in [-0.05, 0) is 43.2 Å². The number of benzene rings is 1. The van der Waals surface area contributed by atoms with Gasteiger partial charge < -0.3 is 26.1 Å². The summed E-state index contributed by atoms with van der Waals surface area (Å²) in [6, 6.07) is 5.01. The Bertz CT molecular complexity index is 1380. The number of nitrogens with two attached hydrogens (primary N) is 2. The molecule has 0 aliphatic heterocycles. The van der Waals surface area contributed by atoms with Gasteiger partial charge in [0.25, 0.3) is 5.91 Å². The number of amides is 2. The Hall–Kier alpha value is -4.80. The largest absolute Gasteiger partial charge is 0.573 e. The van der Waals surface area contributed by atoms with Gasteiger partial charge in [-0.15, -0.1) is 18.3 Å². The minimum absolute atomic E-state index is 0.0610. The van der Waals surface area contributed by atoms with E-state index in [0.717, 1.165) is 18.2 Å². The number of unbranched alkanes of at least 4 members (excludes halogenated alkanes) is 1. The quantitative estimate of drug-likeness (QED) is 0.0775. The van der Waals surface area contributed by atoms with Gasteiger partial charge in [0.15, 0.2) is 5.82 Å². The van der Waals surface area contributed by atoms with Crippen LogP contribution in [0.5, 0.6) is 5.75 Å². The van der Waals surface area contributed by atoms with E-state index in [1.165, 1.54) is 40.4 Å². The second kappa shape index (κ2) is 14.0. The maximum Gasteiger partial charge on any atom is 0.573 e. The SMILES string of the molecule is N/C(=C\N(N)CCCCn1cc(NC(=O)Cc2cc(OC(F)(F)F)ccc2F)nn1)C(=O)NCc1ncccc1F. The molecule has 0 aliphatic rings. The molecule has 41 heavy (non-hydrogen) atoms. The highest BCUT2D eigenvalue weighted by molar-refractivity contribution is 5.92. The van der Waals surface area contributed by atoms with Crippen molar-refractivity contribution in [1.82, 2.24) is 30.3 Å². The van der Waals surface area contributed by atoms with Gasteiger partial charge in [-0.1, -0.05) is 5.21 Å². The number of halogens is 5. The van der Waals surface area contributed by atoms with Crippen molar-refractivity contribution in [3.63, 3.8) is 0 Å². The van der Waals surface area contributed by atoms with Crippen molar-refractivity contribution in [1.29, 1.82) is 0 Å². The first kappa shape index (κ1) is 30.7. The number of hydrogen-bond donors (Lipinski definition) is 4. The number of alkyl halides is 3. The Kier molecular flexibility index (Phi) is 10.5. The lowest BCUT2D eigenvalue weighted by Gasteiger charge is -2.14. The molecule has 0 radical (unpaired) electrons. The lowest BCUT2D eigenvalue weighted by atomic mass is 10.1. The van der Waals surface area contributed by atoms with E-state index in [1.807, 2.05) is 0 Å². The highest BCUT2D eigenvalue weighted by atomic mass is 19.4. The van der Waals surface area contributed by atoms with Crippen LogP contribution in [-0.2, 0) is 29.1 Å². The molecule has 12 nitrogen and oxygen atoms in total. The summed E-state index contributed by atoms with van der Waals surface area (Å²) < 4.78 is 69.9. The first-order valence-corrected chi connectivity index (χ1v) is 12.0. The maximum atomic E-state index is 14.0. The monoisotopic (exact) mass is 583 g/mol. The average molecular weight is 584 g/mol. The van der Waals surface area contributed by atoms with E-state index in [0.29, 0.717) is 25.9 Å². The normalized spacial score (nSPS) is 11.7. The third kappa shape index (κ3) is 10.4. The van der Waals surface area contributed by atoms with Crippen molar-refractivity contribution >= 4 is 17.6 Å². The van der Waals surface area contributed by atoms with Crippen LogP contribution in [-0.4, -0.2) is 49.7 Å². The number of anilines is 1. The summed E-state index contributed by atoms with van der Waals surface area (Å²) in [7, 11) is 0. The lowest BCUT2D eigenvalue weighted by molar-refractivity contribution is -0.274.